The highest BCUT2D eigenvalue weighted by Gasteiger charge is 2.30. The van der Waals surface area contributed by atoms with Crippen LogP contribution in [0.2, 0.25) is 0 Å². The van der Waals surface area contributed by atoms with Gasteiger partial charge in [-0.25, -0.2) is 0 Å². The zero-order chi connectivity index (χ0) is 11.4. The predicted molar refractivity (Wildman–Crippen MR) is 65.0 cm³/mol. The van der Waals surface area contributed by atoms with Crippen molar-refractivity contribution in [3.63, 3.8) is 0 Å². The summed E-state index contributed by atoms with van der Waals surface area (Å²) in [6.07, 6.45) is 2.91. The van der Waals surface area contributed by atoms with E-state index in [1.807, 2.05) is 0 Å². The van der Waals surface area contributed by atoms with Gasteiger partial charge in [0.15, 0.2) is 0 Å². The van der Waals surface area contributed by atoms with Gasteiger partial charge >= 0.3 is 0 Å². The molecular weight excluding hydrogens is 186 g/mol. The van der Waals surface area contributed by atoms with E-state index < -0.39 is 0 Å². The van der Waals surface area contributed by atoms with Gasteiger partial charge in [0.05, 0.1) is 6.10 Å². The standard InChI is InChI=1S/C13H27NO/c1-9(2)12-8-11(6-7-15-12)13(14-5)10(3)4/h9-14H,6-8H2,1-5H3. The zero-order valence-corrected chi connectivity index (χ0v) is 10.9. The lowest BCUT2D eigenvalue weighted by molar-refractivity contribution is -0.0436. The molecule has 0 aliphatic carbocycles. The number of hydrogen-bond acceptors (Lipinski definition) is 2. The zero-order valence-electron chi connectivity index (χ0n) is 10.9. The Morgan fingerprint density at radius 2 is 1.87 bits per heavy atom. The molecule has 2 heteroatoms. The van der Waals surface area contributed by atoms with Gasteiger partial charge in [-0.15, -0.1) is 0 Å². The van der Waals surface area contributed by atoms with Gasteiger partial charge in [-0.1, -0.05) is 27.7 Å². The fourth-order valence-electron chi connectivity index (χ4n) is 2.76. The van der Waals surface area contributed by atoms with E-state index in [9.17, 15) is 0 Å². The minimum absolute atomic E-state index is 0.471. The van der Waals surface area contributed by atoms with Crippen LogP contribution >= 0.6 is 0 Å². The van der Waals surface area contributed by atoms with Crippen molar-refractivity contribution in [1.29, 1.82) is 0 Å². The van der Waals surface area contributed by atoms with Crippen LogP contribution in [0.5, 0.6) is 0 Å². The smallest absolute Gasteiger partial charge is 0.0601 e. The predicted octanol–water partition coefficient (Wildman–Crippen LogP) is 2.68. The van der Waals surface area contributed by atoms with E-state index in [1.165, 1.54) is 12.8 Å². The molecule has 3 atom stereocenters. The van der Waals surface area contributed by atoms with Crippen LogP contribution in [-0.4, -0.2) is 25.8 Å². The van der Waals surface area contributed by atoms with Gasteiger partial charge in [-0.2, -0.15) is 0 Å². The van der Waals surface area contributed by atoms with E-state index in [4.69, 9.17) is 4.74 Å². The van der Waals surface area contributed by atoms with Crippen molar-refractivity contribution < 1.29 is 4.74 Å². The first-order valence-electron chi connectivity index (χ1n) is 6.35. The molecule has 1 heterocycles. The molecule has 0 saturated carbocycles. The molecule has 3 unspecified atom stereocenters. The Hall–Kier alpha value is -0.0800. The second-order valence-corrected chi connectivity index (χ2v) is 5.50. The van der Waals surface area contributed by atoms with E-state index in [0.717, 1.165) is 12.5 Å². The van der Waals surface area contributed by atoms with Crippen LogP contribution in [0.15, 0.2) is 0 Å². The Labute approximate surface area is 94.8 Å². The molecule has 1 aliphatic rings. The summed E-state index contributed by atoms with van der Waals surface area (Å²) in [5, 5.41) is 3.48. The maximum atomic E-state index is 5.82. The Kier molecular flexibility index (Phi) is 5.07. The third kappa shape index (κ3) is 3.46. The van der Waals surface area contributed by atoms with Crippen LogP contribution in [0, 0.1) is 17.8 Å². The maximum absolute atomic E-state index is 5.82. The summed E-state index contributed by atoms with van der Waals surface area (Å²) in [5.41, 5.74) is 0. The van der Waals surface area contributed by atoms with Crippen molar-refractivity contribution in [2.45, 2.75) is 52.7 Å². The van der Waals surface area contributed by atoms with Gasteiger partial charge in [0.25, 0.3) is 0 Å². The number of ether oxygens (including phenoxy) is 1. The molecule has 2 nitrogen and oxygen atoms in total. The second-order valence-electron chi connectivity index (χ2n) is 5.50. The summed E-state index contributed by atoms with van der Waals surface area (Å²) in [4.78, 5) is 0. The molecule has 1 N–H and O–H groups in total. The van der Waals surface area contributed by atoms with E-state index in [-0.39, 0.29) is 0 Å². The van der Waals surface area contributed by atoms with Crippen LogP contribution in [0.25, 0.3) is 0 Å². The number of hydrogen-bond donors (Lipinski definition) is 1. The molecule has 0 aromatic heterocycles. The summed E-state index contributed by atoms with van der Waals surface area (Å²) < 4.78 is 5.82. The molecule has 0 aromatic rings. The molecular formula is C13H27NO. The Balaban J connectivity index is 2.54. The molecule has 0 amide bonds. The summed E-state index contributed by atoms with van der Waals surface area (Å²) in [5.74, 6) is 2.15. The van der Waals surface area contributed by atoms with Crippen molar-refractivity contribution in [3.8, 4) is 0 Å². The topological polar surface area (TPSA) is 21.3 Å². The molecule has 0 aromatic carbocycles. The first-order valence-corrected chi connectivity index (χ1v) is 6.35. The van der Waals surface area contributed by atoms with Crippen LogP contribution < -0.4 is 5.32 Å². The first-order chi connectivity index (χ1) is 7.06. The Morgan fingerprint density at radius 3 is 2.33 bits per heavy atom. The average molecular weight is 213 g/mol. The Bertz CT molecular complexity index is 179. The fourth-order valence-corrected chi connectivity index (χ4v) is 2.76. The first kappa shape index (κ1) is 13.0. The van der Waals surface area contributed by atoms with E-state index in [1.54, 1.807) is 0 Å². The lowest BCUT2D eigenvalue weighted by atomic mass is 9.81. The van der Waals surface area contributed by atoms with Gasteiger partial charge in [0, 0.05) is 12.6 Å². The lowest BCUT2D eigenvalue weighted by Gasteiger charge is -2.38. The third-order valence-corrected chi connectivity index (χ3v) is 3.66. The molecule has 1 aliphatic heterocycles. The van der Waals surface area contributed by atoms with Gasteiger partial charge < -0.3 is 10.1 Å². The van der Waals surface area contributed by atoms with Crippen LogP contribution in [0.1, 0.15) is 40.5 Å². The van der Waals surface area contributed by atoms with E-state index in [2.05, 4.69) is 40.1 Å². The largest absolute Gasteiger partial charge is 0.378 e. The second kappa shape index (κ2) is 5.86. The molecule has 0 bridgehead atoms. The van der Waals surface area contributed by atoms with Crippen molar-refractivity contribution in [1.82, 2.24) is 5.32 Å². The van der Waals surface area contributed by atoms with Gasteiger partial charge in [0.2, 0.25) is 0 Å². The molecule has 1 saturated heterocycles. The third-order valence-electron chi connectivity index (χ3n) is 3.66. The highest BCUT2D eigenvalue weighted by atomic mass is 16.5. The minimum atomic E-state index is 0.471. The quantitative estimate of drug-likeness (QED) is 0.775. The van der Waals surface area contributed by atoms with Crippen LogP contribution in [0.4, 0.5) is 0 Å². The van der Waals surface area contributed by atoms with Gasteiger partial charge in [-0.3, -0.25) is 0 Å². The molecule has 90 valence electrons. The Morgan fingerprint density at radius 1 is 1.20 bits per heavy atom. The highest BCUT2D eigenvalue weighted by Crippen LogP contribution is 2.29. The lowest BCUT2D eigenvalue weighted by Crippen LogP contribution is -2.43. The number of rotatable bonds is 4. The summed E-state index contributed by atoms with van der Waals surface area (Å²) in [6, 6.07) is 0.648. The fraction of sp³-hybridized carbons (Fsp3) is 1.00. The van der Waals surface area contributed by atoms with Crippen molar-refractivity contribution in [3.05, 3.63) is 0 Å². The van der Waals surface area contributed by atoms with E-state index >= 15 is 0 Å². The maximum Gasteiger partial charge on any atom is 0.0601 e. The van der Waals surface area contributed by atoms with Gasteiger partial charge in [0.1, 0.15) is 0 Å². The van der Waals surface area contributed by atoms with Crippen molar-refractivity contribution in [2.24, 2.45) is 17.8 Å². The minimum Gasteiger partial charge on any atom is -0.378 e. The summed E-state index contributed by atoms with van der Waals surface area (Å²) in [7, 11) is 2.09. The number of nitrogens with one attached hydrogen (secondary N) is 1. The average Bonchev–Trinajstić information content (AvgIpc) is 2.18. The van der Waals surface area contributed by atoms with Crippen LogP contribution in [-0.2, 0) is 4.74 Å². The molecule has 0 spiro atoms. The van der Waals surface area contributed by atoms with Crippen LogP contribution in [0.3, 0.4) is 0 Å². The van der Waals surface area contributed by atoms with Crippen molar-refractivity contribution in [2.75, 3.05) is 13.7 Å². The normalized spacial score (nSPS) is 29.8. The monoisotopic (exact) mass is 213 g/mol. The SMILES string of the molecule is CNC(C(C)C)C1CCOC(C(C)C)C1. The van der Waals surface area contributed by atoms with Gasteiger partial charge in [-0.05, 0) is 37.6 Å². The molecule has 0 radical (unpaired) electrons. The van der Waals surface area contributed by atoms with E-state index in [0.29, 0.717) is 24.0 Å². The molecule has 15 heavy (non-hydrogen) atoms. The molecule has 1 rings (SSSR count). The highest BCUT2D eigenvalue weighted by molar-refractivity contribution is 4.84. The molecule has 1 fully saturated rings. The van der Waals surface area contributed by atoms with Crippen molar-refractivity contribution >= 4 is 0 Å². The summed E-state index contributed by atoms with van der Waals surface area (Å²) in [6.45, 7) is 10.1. The summed E-state index contributed by atoms with van der Waals surface area (Å²) >= 11 is 0.